The van der Waals surface area contributed by atoms with E-state index in [-0.39, 0.29) is 0 Å². The fourth-order valence-corrected chi connectivity index (χ4v) is 4.63. The second-order valence-electron chi connectivity index (χ2n) is 9.09. The van der Waals surface area contributed by atoms with Crippen molar-refractivity contribution in [2.45, 2.75) is 77.6 Å². The number of hydrogen-bond acceptors (Lipinski definition) is 4. The van der Waals surface area contributed by atoms with Crippen LogP contribution in [-0.2, 0) is 6.42 Å². The molecule has 1 aromatic carbocycles. The second kappa shape index (κ2) is 13.9. The molecular weight excluding hydrogens is 372 g/mol. The SMILES string of the molecule is CCCCc1ccc(OCCCN2CCCCC2)c(OCCCN2CCCCC2)c1. The maximum Gasteiger partial charge on any atom is 0.161 e. The lowest BCUT2D eigenvalue weighted by atomic mass is 10.1. The molecule has 0 spiro atoms. The number of rotatable bonds is 13. The van der Waals surface area contributed by atoms with E-state index in [1.165, 1.54) is 83.1 Å². The number of ether oxygens (including phenoxy) is 2. The molecule has 0 atom stereocenters. The Bertz CT molecular complexity index is 580. The van der Waals surface area contributed by atoms with Gasteiger partial charge in [0.25, 0.3) is 0 Å². The fraction of sp³-hybridized carbons (Fsp3) is 0.769. The van der Waals surface area contributed by atoms with Gasteiger partial charge in [-0.2, -0.15) is 0 Å². The van der Waals surface area contributed by atoms with Crippen LogP contribution in [0.4, 0.5) is 0 Å². The summed E-state index contributed by atoms with van der Waals surface area (Å²) in [5.74, 6) is 1.87. The molecule has 4 nitrogen and oxygen atoms in total. The molecule has 0 saturated carbocycles. The van der Waals surface area contributed by atoms with Crippen molar-refractivity contribution in [3.05, 3.63) is 23.8 Å². The molecule has 3 rings (SSSR count). The maximum absolute atomic E-state index is 6.23. The molecule has 2 fully saturated rings. The molecule has 170 valence electrons. The van der Waals surface area contributed by atoms with E-state index in [0.717, 1.165) is 57.1 Å². The summed E-state index contributed by atoms with van der Waals surface area (Å²) in [5.41, 5.74) is 1.36. The molecule has 1 aromatic rings. The Morgan fingerprint density at radius 3 is 1.83 bits per heavy atom. The van der Waals surface area contributed by atoms with Crippen LogP contribution in [0.15, 0.2) is 18.2 Å². The largest absolute Gasteiger partial charge is 0.490 e. The highest BCUT2D eigenvalue weighted by Crippen LogP contribution is 2.29. The Balaban J connectivity index is 1.45. The van der Waals surface area contributed by atoms with Crippen molar-refractivity contribution in [3.8, 4) is 11.5 Å². The molecule has 4 heteroatoms. The Labute approximate surface area is 184 Å². The third-order valence-corrected chi connectivity index (χ3v) is 6.48. The van der Waals surface area contributed by atoms with Crippen LogP contribution in [0.1, 0.15) is 76.7 Å². The van der Waals surface area contributed by atoms with Gasteiger partial charge < -0.3 is 19.3 Å². The number of aryl methyl sites for hydroxylation is 1. The van der Waals surface area contributed by atoms with Crippen molar-refractivity contribution in [3.63, 3.8) is 0 Å². The highest BCUT2D eigenvalue weighted by molar-refractivity contribution is 5.43. The molecule has 0 unspecified atom stereocenters. The van der Waals surface area contributed by atoms with E-state index < -0.39 is 0 Å². The molecular formula is C26H44N2O2. The number of hydrogen-bond donors (Lipinski definition) is 0. The van der Waals surface area contributed by atoms with Crippen LogP contribution in [0.5, 0.6) is 11.5 Å². The second-order valence-corrected chi connectivity index (χ2v) is 9.09. The van der Waals surface area contributed by atoms with Gasteiger partial charge in [-0.1, -0.05) is 32.3 Å². The lowest BCUT2D eigenvalue weighted by Gasteiger charge is -2.26. The third-order valence-electron chi connectivity index (χ3n) is 6.48. The minimum Gasteiger partial charge on any atom is -0.490 e. The third kappa shape index (κ3) is 8.47. The Morgan fingerprint density at radius 1 is 0.700 bits per heavy atom. The Morgan fingerprint density at radius 2 is 1.27 bits per heavy atom. The van der Waals surface area contributed by atoms with Crippen molar-refractivity contribution in [2.75, 3.05) is 52.5 Å². The van der Waals surface area contributed by atoms with Gasteiger partial charge in [0.05, 0.1) is 13.2 Å². The predicted molar refractivity (Wildman–Crippen MR) is 126 cm³/mol. The van der Waals surface area contributed by atoms with Gasteiger partial charge in [-0.25, -0.2) is 0 Å². The van der Waals surface area contributed by atoms with Gasteiger partial charge in [0.15, 0.2) is 11.5 Å². The standard InChI is InChI=1S/C26H44N2O2/c1-2-3-12-24-13-14-25(29-21-10-19-27-15-6-4-7-16-27)26(23-24)30-22-11-20-28-17-8-5-9-18-28/h13-14,23H,2-12,15-22H2,1H3. The first-order valence-electron chi connectivity index (χ1n) is 12.7. The summed E-state index contributed by atoms with van der Waals surface area (Å²) < 4.78 is 12.4. The first-order valence-corrected chi connectivity index (χ1v) is 12.7. The number of benzene rings is 1. The zero-order valence-corrected chi connectivity index (χ0v) is 19.4. The summed E-state index contributed by atoms with van der Waals surface area (Å²) in [4.78, 5) is 5.17. The smallest absolute Gasteiger partial charge is 0.161 e. The molecule has 0 radical (unpaired) electrons. The van der Waals surface area contributed by atoms with Gasteiger partial charge in [0, 0.05) is 13.1 Å². The number of likely N-dealkylation sites (tertiary alicyclic amines) is 2. The van der Waals surface area contributed by atoms with Gasteiger partial charge in [-0.3, -0.25) is 0 Å². The number of piperidine rings is 2. The summed E-state index contributed by atoms with van der Waals surface area (Å²) >= 11 is 0. The Hall–Kier alpha value is -1.26. The molecule has 0 aliphatic carbocycles. The normalized spacial score (nSPS) is 18.4. The maximum atomic E-state index is 6.23. The quantitative estimate of drug-likeness (QED) is 0.394. The first-order chi connectivity index (χ1) is 14.8. The molecule has 2 saturated heterocycles. The summed E-state index contributed by atoms with van der Waals surface area (Å²) in [6, 6.07) is 6.57. The van der Waals surface area contributed by atoms with Crippen molar-refractivity contribution in [2.24, 2.45) is 0 Å². The fourth-order valence-electron chi connectivity index (χ4n) is 4.63. The van der Waals surface area contributed by atoms with Crippen LogP contribution in [0.25, 0.3) is 0 Å². The van der Waals surface area contributed by atoms with Gasteiger partial charge in [-0.15, -0.1) is 0 Å². The minimum absolute atomic E-state index is 0.773. The molecule has 0 aromatic heterocycles. The molecule has 2 aliphatic heterocycles. The summed E-state index contributed by atoms with van der Waals surface area (Å²) in [5, 5.41) is 0. The summed E-state index contributed by atoms with van der Waals surface area (Å²) in [6.07, 6.45) is 14.0. The molecule has 0 N–H and O–H groups in total. The van der Waals surface area contributed by atoms with Crippen LogP contribution in [0, 0.1) is 0 Å². The van der Waals surface area contributed by atoms with Crippen LogP contribution in [0.2, 0.25) is 0 Å². The molecule has 2 aliphatic rings. The van der Waals surface area contributed by atoms with Crippen molar-refractivity contribution < 1.29 is 9.47 Å². The highest BCUT2D eigenvalue weighted by Gasteiger charge is 2.12. The first kappa shape index (κ1) is 23.4. The van der Waals surface area contributed by atoms with E-state index in [1.807, 2.05) is 0 Å². The monoisotopic (exact) mass is 416 g/mol. The molecule has 0 bridgehead atoms. The zero-order chi connectivity index (χ0) is 20.9. The van der Waals surface area contributed by atoms with E-state index >= 15 is 0 Å². The van der Waals surface area contributed by atoms with E-state index in [9.17, 15) is 0 Å². The van der Waals surface area contributed by atoms with Crippen LogP contribution < -0.4 is 9.47 Å². The molecule has 2 heterocycles. The van der Waals surface area contributed by atoms with E-state index in [2.05, 4.69) is 34.9 Å². The van der Waals surface area contributed by atoms with Gasteiger partial charge >= 0.3 is 0 Å². The Kier molecular flexibility index (Phi) is 10.9. The van der Waals surface area contributed by atoms with Crippen molar-refractivity contribution >= 4 is 0 Å². The average Bonchev–Trinajstić information content (AvgIpc) is 2.80. The van der Waals surface area contributed by atoms with Gasteiger partial charge in [0.1, 0.15) is 0 Å². The average molecular weight is 417 g/mol. The minimum atomic E-state index is 0.773. The molecule has 0 amide bonds. The van der Waals surface area contributed by atoms with Gasteiger partial charge in [-0.05, 0) is 95.2 Å². The van der Waals surface area contributed by atoms with Gasteiger partial charge in [0.2, 0.25) is 0 Å². The lowest BCUT2D eigenvalue weighted by molar-refractivity contribution is 0.194. The predicted octanol–water partition coefficient (Wildman–Crippen LogP) is 5.54. The summed E-state index contributed by atoms with van der Waals surface area (Å²) in [7, 11) is 0. The van der Waals surface area contributed by atoms with E-state index in [0.29, 0.717) is 0 Å². The highest BCUT2D eigenvalue weighted by atomic mass is 16.5. The number of nitrogens with zero attached hydrogens (tertiary/aromatic N) is 2. The van der Waals surface area contributed by atoms with Crippen LogP contribution >= 0.6 is 0 Å². The van der Waals surface area contributed by atoms with Crippen molar-refractivity contribution in [1.82, 2.24) is 9.80 Å². The number of unbranched alkanes of at least 4 members (excludes halogenated alkanes) is 1. The lowest BCUT2D eigenvalue weighted by Crippen LogP contribution is -2.31. The van der Waals surface area contributed by atoms with Crippen LogP contribution in [-0.4, -0.2) is 62.3 Å². The van der Waals surface area contributed by atoms with E-state index in [4.69, 9.17) is 9.47 Å². The zero-order valence-electron chi connectivity index (χ0n) is 19.4. The topological polar surface area (TPSA) is 24.9 Å². The summed E-state index contributed by atoms with van der Waals surface area (Å²) in [6.45, 7) is 11.2. The molecule has 30 heavy (non-hydrogen) atoms. The van der Waals surface area contributed by atoms with Crippen molar-refractivity contribution in [1.29, 1.82) is 0 Å². The van der Waals surface area contributed by atoms with Crippen LogP contribution in [0.3, 0.4) is 0 Å². The van der Waals surface area contributed by atoms with E-state index in [1.54, 1.807) is 0 Å².